The highest BCUT2D eigenvalue weighted by atomic mass is 16.6. The average molecular weight is 521 g/mol. The smallest absolute Gasteiger partial charge is 0.269 e. The summed E-state index contributed by atoms with van der Waals surface area (Å²) in [5.74, 6) is 0.964. The summed E-state index contributed by atoms with van der Waals surface area (Å²) in [5.41, 5.74) is 4.45. The Morgan fingerprint density at radius 1 is 0.947 bits per heavy atom. The number of amides is 2. The fourth-order valence-corrected chi connectivity index (χ4v) is 3.23. The molecule has 3 rings (SSSR count). The van der Waals surface area contributed by atoms with E-state index >= 15 is 0 Å². The molecule has 0 bridgehead atoms. The summed E-state index contributed by atoms with van der Waals surface area (Å²) in [7, 11) is 1.56. The Bertz CT molecular complexity index is 1280. The number of anilines is 1. The number of methoxy groups -OCH3 is 1. The van der Waals surface area contributed by atoms with E-state index in [4.69, 9.17) is 14.2 Å². The lowest BCUT2D eigenvalue weighted by molar-refractivity contribution is -0.384. The summed E-state index contributed by atoms with van der Waals surface area (Å²) in [4.78, 5) is 34.5. The van der Waals surface area contributed by atoms with Gasteiger partial charge in [-0.15, -0.1) is 0 Å². The molecule has 0 saturated carbocycles. The van der Waals surface area contributed by atoms with Crippen molar-refractivity contribution in [3.05, 3.63) is 88.0 Å². The van der Waals surface area contributed by atoms with Gasteiger partial charge in [-0.1, -0.05) is 0 Å². The molecule has 0 saturated heterocycles. The van der Waals surface area contributed by atoms with E-state index in [0.717, 1.165) is 5.56 Å². The van der Waals surface area contributed by atoms with Crippen LogP contribution in [0.5, 0.6) is 17.2 Å². The molecule has 0 aliphatic heterocycles. The summed E-state index contributed by atoms with van der Waals surface area (Å²) in [6.07, 6.45) is 1.43. The van der Waals surface area contributed by atoms with Crippen LogP contribution in [0, 0.1) is 10.1 Å². The Balaban J connectivity index is 1.48. The molecule has 2 N–H and O–H groups in total. The van der Waals surface area contributed by atoms with Crippen LogP contribution in [-0.2, 0) is 16.2 Å². The van der Waals surface area contributed by atoms with Crippen LogP contribution in [0.25, 0.3) is 0 Å². The zero-order valence-electron chi connectivity index (χ0n) is 21.0. The number of rotatable bonds is 13. The molecule has 0 aliphatic rings. The second-order valence-corrected chi connectivity index (χ2v) is 7.92. The van der Waals surface area contributed by atoms with Crippen molar-refractivity contribution < 1.29 is 28.7 Å². The van der Waals surface area contributed by atoms with Crippen LogP contribution in [0.3, 0.4) is 0 Å². The van der Waals surface area contributed by atoms with Crippen molar-refractivity contribution in [3.8, 4) is 17.2 Å². The van der Waals surface area contributed by atoms with Crippen LogP contribution in [0.1, 0.15) is 30.9 Å². The maximum Gasteiger partial charge on any atom is 0.269 e. The number of carbonyl (C=O) groups excluding carboxylic acids is 2. The van der Waals surface area contributed by atoms with Gasteiger partial charge in [-0.25, -0.2) is 5.43 Å². The van der Waals surface area contributed by atoms with Crippen molar-refractivity contribution >= 4 is 29.4 Å². The number of hydrogen-bond acceptors (Lipinski definition) is 8. The number of benzene rings is 3. The molecule has 11 nitrogen and oxygen atoms in total. The number of non-ortho nitro benzene ring substituents is 1. The normalized spacial score (nSPS) is 10.6. The van der Waals surface area contributed by atoms with Gasteiger partial charge in [0.25, 0.3) is 5.69 Å². The largest absolute Gasteiger partial charge is 0.497 e. The molecule has 11 heteroatoms. The van der Waals surface area contributed by atoms with Gasteiger partial charge in [-0.05, 0) is 72.6 Å². The van der Waals surface area contributed by atoms with Gasteiger partial charge in [0.05, 0.1) is 24.9 Å². The zero-order valence-corrected chi connectivity index (χ0v) is 21.0. The second-order valence-electron chi connectivity index (χ2n) is 7.92. The molecule has 0 radical (unpaired) electrons. The van der Waals surface area contributed by atoms with Gasteiger partial charge in [0.1, 0.15) is 12.4 Å². The highest BCUT2D eigenvalue weighted by molar-refractivity contribution is 5.93. The predicted molar refractivity (Wildman–Crippen MR) is 142 cm³/mol. The van der Waals surface area contributed by atoms with Gasteiger partial charge >= 0.3 is 0 Å². The minimum Gasteiger partial charge on any atom is -0.497 e. The summed E-state index contributed by atoms with van der Waals surface area (Å²) in [6, 6.07) is 18.1. The first-order chi connectivity index (χ1) is 18.4. The van der Waals surface area contributed by atoms with E-state index in [0.29, 0.717) is 35.1 Å². The molecule has 3 aromatic carbocycles. The minimum atomic E-state index is -0.457. The number of hydrazone groups is 1. The molecule has 0 heterocycles. The van der Waals surface area contributed by atoms with Crippen molar-refractivity contribution in [2.24, 2.45) is 5.10 Å². The fraction of sp³-hybridized carbons (Fsp3) is 0.222. The van der Waals surface area contributed by atoms with E-state index in [1.165, 1.54) is 18.3 Å². The van der Waals surface area contributed by atoms with Crippen molar-refractivity contribution in [3.63, 3.8) is 0 Å². The monoisotopic (exact) mass is 520 g/mol. The summed E-state index contributed by atoms with van der Waals surface area (Å²) in [5, 5.41) is 17.5. The van der Waals surface area contributed by atoms with Crippen molar-refractivity contribution in [1.29, 1.82) is 0 Å². The molecular weight excluding hydrogens is 492 g/mol. The third kappa shape index (κ3) is 8.63. The maximum absolute atomic E-state index is 12.1. The van der Waals surface area contributed by atoms with E-state index < -0.39 is 10.8 Å². The first kappa shape index (κ1) is 27.7. The van der Waals surface area contributed by atoms with E-state index in [1.807, 2.05) is 6.92 Å². The van der Waals surface area contributed by atoms with Gasteiger partial charge in [0.2, 0.25) is 11.8 Å². The van der Waals surface area contributed by atoms with Gasteiger partial charge < -0.3 is 19.5 Å². The highest BCUT2D eigenvalue weighted by Gasteiger charge is 2.09. The zero-order chi connectivity index (χ0) is 27.3. The van der Waals surface area contributed by atoms with Crippen molar-refractivity contribution in [2.45, 2.75) is 26.4 Å². The molecular formula is C27H28N4O7. The standard InChI is InChI=1S/C27H28N4O7/c1-3-37-25-16-20(6-13-24(25)38-18-19-4-9-22(10-5-19)31(34)35)17-28-30-27(33)15-14-26(32)29-21-7-11-23(36-2)12-8-21/h4-13,16-17H,3,14-15,18H2,1-2H3,(H,29,32)(H,30,33). The first-order valence-corrected chi connectivity index (χ1v) is 11.8. The minimum absolute atomic E-state index is 0.00265. The number of hydrogen-bond donors (Lipinski definition) is 2. The molecule has 2 amide bonds. The Labute approximate surface area is 219 Å². The van der Waals surface area contributed by atoms with Crippen LogP contribution >= 0.6 is 0 Å². The number of ether oxygens (including phenoxy) is 3. The molecule has 198 valence electrons. The van der Waals surface area contributed by atoms with E-state index in [9.17, 15) is 19.7 Å². The predicted octanol–water partition coefficient (Wildman–Crippen LogP) is 4.45. The summed E-state index contributed by atoms with van der Waals surface area (Å²) >= 11 is 0. The molecule has 0 aromatic heterocycles. The molecule has 0 spiro atoms. The van der Waals surface area contributed by atoms with Crippen LogP contribution in [0.15, 0.2) is 71.8 Å². The van der Waals surface area contributed by atoms with Gasteiger partial charge in [0, 0.05) is 30.7 Å². The number of carbonyl (C=O) groups is 2. The Kier molecular flexibility index (Phi) is 10.2. The Morgan fingerprint density at radius 3 is 2.32 bits per heavy atom. The summed E-state index contributed by atoms with van der Waals surface area (Å²) in [6.45, 7) is 2.45. The van der Waals surface area contributed by atoms with Gasteiger partial charge in [-0.2, -0.15) is 5.10 Å². The molecule has 0 unspecified atom stereocenters. The quantitative estimate of drug-likeness (QED) is 0.193. The SMILES string of the molecule is CCOc1cc(C=NNC(=O)CCC(=O)Nc2ccc(OC)cc2)ccc1OCc1ccc([N+](=O)[O-])cc1. The van der Waals surface area contributed by atoms with Gasteiger partial charge in [-0.3, -0.25) is 19.7 Å². The van der Waals surface area contributed by atoms with E-state index in [1.54, 1.807) is 61.7 Å². The molecule has 0 atom stereocenters. The number of nitrogens with zero attached hydrogens (tertiary/aromatic N) is 2. The fourth-order valence-electron chi connectivity index (χ4n) is 3.23. The molecule has 0 aliphatic carbocycles. The first-order valence-electron chi connectivity index (χ1n) is 11.8. The number of nitro benzene ring substituents is 1. The Hall–Kier alpha value is -4.93. The van der Waals surface area contributed by atoms with E-state index in [2.05, 4.69) is 15.8 Å². The third-order valence-electron chi connectivity index (χ3n) is 5.16. The van der Waals surface area contributed by atoms with Gasteiger partial charge in [0.15, 0.2) is 11.5 Å². The summed E-state index contributed by atoms with van der Waals surface area (Å²) < 4.78 is 16.6. The van der Waals surface area contributed by atoms with Crippen LogP contribution in [0.2, 0.25) is 0 Å². The second kappa shape index (κ2) is 14.0. The molecule has 0 fully saturated rings. The van der Waals surface area contributed by atoms with Crippen molar-refractivity contribution in [2.75, 3.05) is 19.0 Å². The number of nitro groups is 1. The third-order valence-corrected chi connectivity index (χ3v) is 5.16. The van der Waals surface area contributed by atoms with Crippen LogP contribution < -0.4 is 25.0 Å². The number of nitrogens with one attached hydrogen (secondary N) is 2. The average Bonchev–Trinajstić information content (AvgIpc) is 2.92. The topological polar surface area (TPSA) is 141 Å². The molecule has 38 heavy (non-hydrogen) atoms. The Morgan fingerprint density at radius 2 is 1.66 bits per heavy atom. The van der Waals surface area contributed by atoms with Crippen molar-refractivity contribution in [1.82, 2.24) is 5.43 Å². The highest BCUT2D eigenvalue weighted by Crippen LogP contribution is 2.29. The van der Waals surface area contributed by atoms with E-state index in [-0.39, 0.29) is 31.0 Å². The molecule has 3 aromatic rings. The maximum atomic E-state index is 12.1. The lowest BCUT2D eigenvalue weighted by Crippen LogP contribution is -2.20. The van der Waals surface area contributed by atoms with Crippen LogP contribution in [-0.4, -0.2) is 36.7 Å². The lowest BCUT2D eigenvalue weighted by atomic mass is 10.2. The van der Waals surface area contributed by atoms with Crippen LogP contribution in [0.4, 0.5) is 11.4 Å². The lowest BCUT2D eigenvalue weighted by Gasteiger charge is -2.12.